The Morgan fingerprint density at radius 1 is 1.23 bits per heavy atom. The molecule has 0 heterocycles. The Hall–Kier alpha value is -0.340. The molecule has 0 saturated carbocycles. The number of ether oxygens (including phenoxy) is 1. The molecule has 1 aliphatic rings. The van der Waals surface area contributed by atoms with Crippen molar-refractivity contribution >= 4 is 0 Å². The number of hydrogen-bond acceptors (Lipinski definition) is 2. The minimum atomic E-state index is 0.354. The molecule has 0 unspecified atom stereocenters. The van der Waals surface area contributed by atoms with Crippen LogP contribution in [0.25, 0.3) is 0 Å². The van der Waals surface area contributed by atoms with Crippen LogP contribution in [0.2, 0.25) is 0 Å². The highest BCUT2D eigenvalue weighted by molar-refractivity contribution is 5.03. The zero-order valence-electron chi connectivity index (χ0n) is 8.99. The lowest BCUT2D eigenvalue weighted by atomic mass is 9.99. The van der Waals surface area contributed by atoms with E-state index in [4.69, 9.17) is 4.74 Å². The average molecular weight is 183 g/mol. The molecule has 0 bridgehead atoms. The first-order chi connectivity index (χ1) is 6.31. The first kappa shape index (κ1) is 10.7. The van der Waals surface area contributed by atoms with Gasteiger partial charge >= 0.3 is 0 Å². The summed E-state index contributed by atoms with van der Waals surface area (Å²) >= 11 is 0. The summed E-state index contributed by atoms with van der Waals surface area (Å²) in [6.45, 7) is 6.73. The number of likely N-dealkylation sites (N-methyl/N-ethyl adjacent to an activating group) is 1. The Morgan fingerprint density at radius 2 is 1.92 bits per heavy atom. The molecular formula is C11H21NO. The molecule has 0 aromatic heterocycles. The van der Waals surface area contributed by atoms with Crippen molar-refractivity contribution in [3.8, 4) is 0 Å². The fourth-order valence-corrected chi connectivity index (χ4v) is 1.97. The minimum Gasteiger partial charge on any atom is -0.377 e. The Kier molecular flexibility index (Phi) is 4.46. The van der Waals surface area contributed by atoms with E-state index in [1.807, 2.05) is 0 Å². The van der Waals surface area contributed by atoms with Crippen LogP contribution >= 0.6 is 0 Å². The van der Waals surface area contributed by atoms with Crippen molar-refractivity contribution in [2.45, 2.75) is 38.8 Å². The van der Waals surface area contributed by atoms with E-state index >= 15 is 0 Å². The summed E-state index contributed by atoms with van der Waals surface area (Å²) < 4.78 is 5.28. The Morgan fingerprint density at radius 3 is 2.31 bits per heavy atom. The van der Waals surface area contributed by atoms with Crippen molar-refractivity contribution in [2.75, 3.05) is 20.2 Å². The largest absolute Gasteiger partial charge is 0.377 e. The van der Waals surface area contributed by atoms with Gasteiger partial charge in [-0.1, -0.05) is 26.0 Å². The normalized spacial score (nSPS) is 28.3. The molecule has 76 valence electrons. The van der Waals surface area contributed by atoms with E-state index in [0.29, 0.717) is 12.1 Å². The van der Waals surface area contributed by atoms with E-state index < -0.39 is 0 Å². The predicted octanol–water partition coefficient (Wildman–Crippen LogP) is 2.06. The van der Waals surface area contributed by atoms with Crippen LogP contribution in [0.4, 0.5) is 0 Å². The van der Waals surface area contributed by atoms with Gasteiger partial charge in [0.2, 0.25) is 0 Å². The molecule has 0 spiro atoms. The maximum absolute atomic E-state index is 5.28. The highest BCUT2D eigenvalue weighted by Crippen LogP contribution is 2.18. The van der Waals surface area contributed by atoms with Gasteiger partial charge < -0.3 is 4.74 Å². The van der Waals surface area contributed by atoms with Gasteiger partial charge in [-0.05, 0) is 25.9 Å². The molecule has 2 heteroatoms. The molecule has 0 fully saturated rings. The van der Waals surface area contributed by atoms with Crippen LogP contribution in [0.3, 0.4) is 0 Å². The molecular weight excluding hydrogens is 162 g/mol. The number of hydrogen-bond donors (Lipinski definition) is 0. The van der Waals surface area contributed by atoms with Crippen LogP contribution in [0.15, 0.2) is 12.2 Å². The number of methoxy groups -OCH3 is 1. The Labute approximate surface area is 81.6 Å². The van der Waals surface area contributed by atoms with Crippen molar-refractivity contribution in [1.29, 1.82) is 0 Å². The van der Waals surface area contributed by atoms with Gasteiger partial charge in [0, 0.05) is 13.2 Å². The maximum atomic E-state index is 5.28. The van der Waals surface area contributed by atoms with Crippen molar-refractivity contribution in [3.05, 3.63) is 12.2 Å². The second kappa shape index (κ2) is 5.40. The van der Waals surface area contributed by atoms with Crippen LogP contribution in [0.1, 0.15) is 26.7 Å². The standard InChI is InChI=1S/C11H21NO/c1-4-12(5-2)10-6-8-11(13-3)9-7-10/h6,8,10-11H,4-5,7,9H2,1-3H3/t10-,11-/m0/s1. The van der Waals surface area contributed by atoms with Gasteiger partial charge in [0.15, 0.2) is 0 Å². The van der Waals surface area contributed by atoms with Gasteiger partial charge in [0.05, 0.1) is 6.10 Å². The fraction of sp³-hybridized carbons (Fsp3) is 0.818. The van der Waals surface area contributed by atoms with E-state index in [9.17, 15) is 0 Å². The summed E-state index contributed by atoms with van der Waals surface area (Å²) in [6.07, 6.45) is 7.24. The van der Waals surface area contributed by atoms with E-state index in [1.54, 1.807) is 7.11 Å². The monoisotopic (exact) mass is 183 g/mol. The highest BCUT2D eigenvalue weighted by Gasteiger charge is 2.18. The van der Waals surface area contributed by atoms with Crippen LogP contribution < -0.4 is 0 Å². The molecule has 13 heavy (non-hydrogen) atoms. The summed E-state index contributed by atoms with van der Waals surface area (Å²) in [4.78, 5) is 2.49. The molecule has 0 N–H and O–H groups in total. The molecule has 2 atom stereocenters. The number of nitrogens with zero attached hydrogens (tertiary/aromatic N) is 1. The molecule has 0 aliphatic heterocycles. The highest BCUT2D eigenvalue weighted by atomic mass is 16.5. The van der Waals surface area contributed by atoms with E-state index in [0.717, 1.165) is 19.5 Å². The maximum Gasteiger partial charge on any atom is 0.0753 e. The molecule has 1 aliphatic carbocycles. The summed E-state index contributed by atoms with van der Waals surface area (Å²) in [6, 6.07) is 0.640. The van der Waals surface area contributed by atoms with Crippen LogP contribution in [-0.4, -0.2) is 37.2 Å². The van der Waals surface area contributed by atoms with Gasteiger partial charge in [-0.3, -0.25) is 4.90 Å². The molecule has 2 nitrogen and oxygen atoms in total. The van der Waals surface area contributed by atoms with Gasteiger partial charge in [-0.2, -0.15) is 0 Å². The fourth-order valence-electron chi connectivity index (χ4n) is 1.97. The summed E-state index contributed by atoms with van der Waals surface area (Å²) in [5.74, 6) is 0. The molecule has 0 saturated heterocycles. The zero-order valence-corrected chi connectivity index (χ0v) is 8.99. The minimum absolute atomic E-state index is 0.354. The van der Waals surface area contributed by atoms with Crippen LogP contribution in [0.5, 0.6) is 0 Å². The van der Waals surface area contributed by atoms with Crippen LogP contribution in [0, 0.1) is 0 Å². The second-order valence-electron chi connectivity index (χ2n) is 3.52. The summed E-state index contributed by atoms with van der Waals surface area (Å²) in [5, 5.41) is 0. The van der Waals surface area contributed by atoms with Crippen LogP contribution in [-0.2, 0) is 4.74 Å². The third kappa shape index (κ3) is 2.82. The van der Waals surface area contributed by atoms with E-state index in [1.165, 1.54) is 6.42 Å². The zero-order chi connectivity index (χ0) is 9.68. The van der Waals surface area contributed by atoms with Gasteiger partial charge in [0.1, 0.15) is 0 Å². The topological polar surface area (TPSA) is 12.5 Å². The van der Waals surface area contributed by atoms with Crippen molar-refractivity contribution in [2.24, 2.45) is 0 Å². The smallest absolute Gasteiger partial charge is 0.0753 e. The quantitative estimate of drug-likeness (QED) is 0.619. The van der Waals surface area contributed by atoms with Gasteiger partial charge in [-0.25, -0.2) is 0 Å². The van der Waals surface area contributed by atoms with Crippen molar-refractivity contribution < 1.29 is 4.74 Å². The van der Waals surface area contributed by atoms with Crippen molar-refractivity contribution in [1.82, 2.24) is 4.90 Å². The molecule has 0 aromatic carbocycles. The molecule has 0 amide bonds. The molecule has 1 rings (SSSR count). The van der Waals surface area contributed by atoms with Gasteiger partial charge in [-0.15, -0.1) is 0 Å². The third-order valence-corrected chi connectivity index (χ3v) is 2.88. The van der Waals surface area contributed by atoms with E-state index in [2.05, 4.69) is 30.9 Å². The Balaban J connectivity index is 2.46. The third-order valence-electron chi connectivity index (χ3n) is 2.88. The lowest BCUT2D eigenvalue weighted by Gasteiger charge is -2.31. The predicted molar refractivity (Wildman–Crippen MR) is 55.9 cm³/mol. The molecule has 0 radical (unpaired) electrons. The second-order valence-corrected chi connectivity index (χ2v) is 3.52. The molecule has 0 aromatic rings. The first-order valence-corrected chi connectivity index (χ1v) is 5.27. The average Bonchev–Trinajstić information content (AvgIpc) is 2.21. The van der Waals surface area contributed by atoms with E-state index in [-0.39, 0.29) is 0 Å². The first-order valence-electron chi connectivity index (χ1n) is 5.27. The SMILES string of the molecule is CCN(CC)[C@H]1C=C[C@H](OC)CC1. The summed E-state index contributed by atoms with van der Waals surface area (Å²) in [5.41, 5.74) is 0. The lowest BCUT2D eigenvalue weighted by Crippen LogP contribution is -2.36. The summed E-state index contributed by atoms with van der Waals surface area (Å²) in [7, 11) is 1.78. The Bertz CT molecular complexity index is 163. The lowest BCUT2D eigenvalue weighted by molar-refractivity contribution is 0.112. The van der Waals surface area contributed by atoms with Gasteiger partial charge in [0.25, 0.3) is 0 Å². The van der Waals surface area contributed by atoms with Crippen molar-refractivity contribution in [3.63, 3.8) is 0 Å². The number of rotatable bonds is 4.